The van der Waals surface area contributed by atoms with E-state index in [-0.39, 0.29) is 11.5 Å². The van der Waals surface area contributed by atoms with Crippen molar-refractivity contribution in [2.75, 3.05) is 5.32 Å². The summed E-state index contributed by atoms with van der Waals surface area (Å²) in [5.41, 5.74) is 3.08. The number of carbonyl (C=O) groups is 2. The molecule has 1 aromatic carbocycles. The number of benzene rings is 1. The Kier molecular flexibility index (Phi) is 5.57. The van der Waals surface area contributed by atoms with E-state index in [1.165, 1.54) is 35.9 Å². The summed E-state index contributed by atoms with van der Waals surface area (Å²) in [5.74, 6) is 0.125. The number of imidazole rings is 1. The molecule has 0 fully saturated rings. The molecular weight excluding hydrogens is 401 g/mol. The third kappa shape index (κ3) is 4.66. The van der Waals surface area contributed by atoms with Crippen molar-refractivity contribution >= 4 is 23.0 Å². The van der Waals surface area contributed by atoms with E-state index in [0.29, 0.717) is 42.3 Å². The van der Waals surface area contributed by atoms with Crippen molar-refractivity contribution < 1.29 is 18.5 Å². The van der Waals surface area contributed by atoms with Crippen molar-refractivity contribution in [3.05, 3.63) is 77.1 Å². The number of rotatable bonds is 7. The van der Waals surface area contributed by atoms with Crippen molar-refractivity contribution in [1.82, 2.24) is 19.5 Å². The van der Waals surface area contributed by atoms with Crippen LogP contribution in [0.3, 0.4) is 0 Å². The van der Waals surface area contributed by atoms with Crippen LogP contribution in [0, 0.1) is 12.7 Å². The summed E-state index contributed by atoms with van der Waals surface area (Å²) in [4.78, 5) is 32.3. The van der Waals surface area contributed by atoms with Gasteiger partial charge in [-0.05, 0) is 43.2 Å². The van der Waals surface area contributed by atoms with Crippen LogP contribution >= 0.6 is 0 Å². The first-order valence-corrected chi connectivity index (χ1v) is 9.73. The number of halogens is 1. The maximum absolute atomic E-state index is 13.6. The highest BCUT2D eigenvalue weighted by atomic mass is 19.1. The van der Waals surface area contributed by atoms with Gasteiger partial charge in [0.2, 0.25) is 5.89 Å². The number of ketones is 1. The SMILES string of the molecule is CC(=O)CCc1nc(Cc2ccc(C)c(NC(=O)c3cnc4ccc(F)cn34)c2)no1. The Morgan fingerprint density at radius 1 is 1.23 bits per heavy atom. The second-order valence-corrected chi connectivity index (χ2v) is 7.31. The van der Waals surface area contributed by atoms with Crippen LogP contribution in [0.4, 0.5) is 10.1 Å². The molecule has 0 aliphatic heterocycles. The molecule has 9 heteroatoms. The Hall–Kier alpha value is -3.88. The molecule has 3 aromatic heterocycles. The van der Waals surface area contributed by atoms with E-state index < -0.39 is 11.7 Å². The maximum atomic E-state index is 13.6. The van der Waals surface area contributed by atoms with E-state index >= 15 is 0 Å². The van der Waals surface area contributed by atoms with E-state index in [1.54, 1.807) is 0 Å². The molecule has 1 N–H and O–H groups in total. The number of carbonyl (C=O) groups excluding carboxylic acids is 2. The zero-order valence-corrected chi connectivity index (χ0v) is 17.1. The monoisotopic (exact) mass is 421 g/mol. The van der Waals surface area contributed by atoms with E-state index in [0.717, 1.165) is 11.1 Å². The van der Waals surface area contributed by atoms with Gasteiger partial charge in [0.25, 0.3) is 5.91 Å². The van der Waals surface area contributed by atoms with Crippen molar-refractivity contribution in [2.45, 2.75) is 33.1 Å². The standard InChI is InChI=1S/C22H20FN5O3/c1-13-3-5-15(10-19-26-21(31-27-19)8-4-14(2)29)9-17(13)25-22(30)18-11-24-20-7-6-16(23)12-28(18)20/h3,5-7,9,11-12H,4,8,10H2,1-2H3,(H,25,30). The van der Waals surface area contributed by atoms with E-state index in [9.17, 15) is 14.0 Å². The lowest BCUT2D eigenvalue weighted by atomic mass is 10.1. The molecule has 4 rings (SSSR count). The van der Waals surface area contributed by atoms with Gasteiger partial charge in [0.1, 0.15) is 22.9 Å². The molecule has 0 bridgehead atoms. The third-order valence-corrected chi connectivity index (χ3v) is 4.82. The molecular formula is C22H20FN5O3. The molecule has 158 valence electrons. The van der Waals surface area contributed by atoms with Crippen LogP contribution in [0.25, 0.3) is 5.65 Å². The largest absolute Gasteiger partial charge is 0.339 e. The molecule has 0 saturated heterocycles. The Balaban J connectivity index is 1.50. The number of hydrogen-bond donors (Lipinski definition) is 1. The molecule has 3 heterocycles. The molecule has 0 saturated carbocycles. The Morgan fingerprint density at radius 3 is 2.87 bits per heavy atom. The minimum atomic E-state index is -0.458. The summed E-state index contributed by atoms with van der Waals surface area (Å²) in [6, 6.07) is 8.44. The number of hydrogen-bond acceptors (Lipinski definition) is 6. The van der Waals surface area contributed by atoms with Gasteiger partial charge in [-0.3, -0.25) is 9.20 Å². The third-order valence-electron chi connectivity index (χ3n) is 4.82. The zero-order valence-electron chi connectivity index (χ0n) is 17.1. The molecule has 31 heavy (non-hydrogen) atoms. The summed E-state index contributed by atoms with van der Waals surface area (Å²) < 4.78 is 20.2. The van der Waals surface area contributed by atoms with Crippen LogP contribution in [0.2, 0.25) is 0 Å². The molecule has 0 spiro atoms. The van der Waals surface area contributed by atoms with Crippen molar-refractivity contribution in [2.24, 2.45) is 0 Å². The van der Waals surface area contributed by atoms with Gasteiger partial charge in [0.05, 0.1) is 6.20 Å². The predicted octanol–water partition coefficient (Wildman–Crippen LogP) is 3.53. The number of amides is 1. The number of Topliss-reactive ketones (excluding diaryl/α,β-unsaturated/α-hetero) is 1. The Bertz CT molecular complexity index is 1280. The fourth-order valence-corrected chi connectivity index (χ4v) is 3.15. The summed E-state index contributed by atoms with van der Waals surface area (Å²) in [7, 11) is 0. The summed E-state index contributed by atoms with van der Waals surface area (Å²) in [5, 5.41) is 6.82. The molecule has 0 radical (unpaired) electrons. The van der Waals surface area contributed by atoms with E-state index in [1.807, 2.05) is 25.1 Å². The zero-order chi connectivity index (χ0) is 22.0. The molecule has 0 aliphatic rings. The van der Waals surface area contributed by atoms with Gasteiger partial charge in [0.15, 0.2) is 5.82 Å². The quantitative estimate of drug-likeness (QED) is 0.490. The highest BCUT2D eigenvalue weighted by Crippen LogP contribution is 2.20. The van der Waals surface area contributed by atoms with Crippen molar-refractivity contribution in [3.8, 4) is 0 Å². The van der Waals surface area contributed by atoms with Crippen LogP contribution < -0.4 is 5.32 Å². The second kappa shape index (κ2) is 8.47. The van der Waals surface area contributed by atoms with Crippen LogP contribution in [0.5, 0.6) is 0 Å². The highest BCUT2D eigenvalue weighted by Gasteiger charge is 2.15. The maximum Gasteiger partial charge on any atom is 0.274 e. The normalized spacial score (nSPS) is 11.1. The predicted molar refractivity (Wildman–Crippen MR) is 110 cm³/mol. The van der Waals surface area contributed by atoms with Crippen molar-refractivity contribution in [3.63, 3.8) is 0 Å². The number of pyridine rings is 1. The van der Waals surface area contributed by atoms with Crippen molar-refractivity contribution in [1.29, 1.82) is 0 Å². The Labute approximate surface area is 177 Å². The first kappa shape index (κ1) is 20.4. The lowest BCUT2D eigenvalue weighted by Crippen LogP contribution is -2.15. The summed E-state index contributed by atoms with van der Waals surface area (Å²) in [6.45, 7) is 3.39. The minimum absolute atomic E-state index is 0.0624. The second-order valence-electron chi connectivity index (χ2n) is 7.31. The average Bonchev–Trinajstić information content (AvgIpc) is 3.35. The van der Waals surface area contributed by atoms with E-state index in [2.05, 4.69) is 20.4 Å². The minimum Gasteiger partial charge on any atom is -0.339 e. The van der Waals surface area contributed by atoms with Gasteiger partial charge in [-0.1, -0.05) is 17.3 Å². The van der Waals surface area contributed by atoms with Crippen LogP contribution in [-0.4, -0.2) is 31.2 Å². The summed E-state index contributed by atoms with van der Waals surface area (Å²) >= 11 is 0. The smallest absolute Gasteiger partial charge is 0.274 e. The van der Waals surface area contributed by atoms with Gasteiger partial charge in [-0.2, -0.15) is 4.98 Å². The van der Waals surface area contributed by atoms with Crippen LogP contribution in [0.15, 0.2) is 47.2 Å². The number of anilines is 1. The number of fused-ring (bicyclic) bond motifs is 1. The van der Waals surface area contributed by atoms with Crippen LogP contribution in [-0.2, 0) is 17.6 Å². The lowest BCUT2D eigenvalue weighted by molar-refractivity contribution is -0.117. The Morgan fingerprint density at radius 2 is 2.06 bits per heavy atom. The van der Waals surface area contributed by atoms with E-state index in [4.69, 9.17) is 4.52 Å². The first-order valence-electron chi connectivity index (χ1n) is 9.73. The first-order chi connectivity index (χ1) is 14.9. The number of nitrogens with zero attached hydrogens (tertiary/aromatic N) is 4. The lowest BCUT2D eigenvalue weighted by Gasteiger charge is -2.10. The van der Waals surface area contributed by atoms with Gasteiger partial charge < -0.3 is 14.6 Å². The molecule has 0 unspecified atom stereocenters. The molecule has 0 atom stereocenters. The number of nitrogens with one attached hydrogen (secondary N) is 1. The van der Waals surface area contributed by atoms with Gasteiger partial charge in [-0.15, -0.1) is 0 Å². The number of aromatic nitrogens is 4. The molecule has 0 aliphatic carbocycles. The molecule has 1 amide bonds. The molecule has 4 aromatic rings. The average molecular weight is 421 g/mol. The van der Waals surface area contributed by atoms with Crippen LogP contribution in [0.1, 0.15) is 46.7 Å². The fourth-order valence-electron chi connectivity index (χ4n) is 3.15. The molecule has 8 nitrogen and oxygen atoms in total. The summed E-state index contributed by atoms with van der Waals surface area (Å²) in [6.07, 6.45) is 3.81. The number of aryl methyl sites for hydroxylation is 2. The highest BCUT2D eigenvalue weighted by molar-refractivity contribution is 6.03. The topological polar surface area (TPSA) is 102 Å². The van der Waals surface area contributed by atoms with Gasteiger partial charge in [0, 0.05) is 31.1 Å². The fraction of sp³-hybridized carbons (Fsp3) is 0.227. The van der Waals surface area contributed by atoms with Gasteiger partial charge in [-0.25, -0.2) is 9.37 Å². The van der Waals surface area contributed by atoms with Gasteiger partial charge >= 0.3 is 0 Å².